The first-order valence-corrected chi connectivity index (χ1v) is 6.37. The van der Waals surface area contributed by atoms with Crippen molar-refractivity contribution in [2.75, 3.05) is 20.2 Å². The third-order valence-electron chi connectivity index (χ3n) is 3.29. The maximum Gasteiger partial charge on any atom is 0.410 e. The number of rotatable bonds is 3. The number of ether oxygens (including phenoxy) is 2. The second kappa shape index (κ2) is 6.54. The van der Waals surface area contributed by atoms with E-state index in [4.69, 9.17) is 9.47 Å². The Bertz CT molecular complexity index is 409. The molecular formula is C14H19NO4. The Morgan fingerprint density at radius 3 is 2.79 bits per heavy atom. The number of likely N-dealkylation sites (tertiary alicyclic amines) is 1. The van der Waals surface area contributed by atoms with Gasteiger partial charge < -0.3 is 19.5 Å². The van der Waals surface area contributed by atoms with Crippen LogP contribution < -0.4 is 0 Å². The molecule has 0 aromatic heterocycles. The van der Waals surface area contributed by atoms with Gasteiger partial charge in [0, 0.05) is 13.7 Å². The number of carbonyl (C=O) groups is 1. The first kappa shape index (κ1) is 13.8. The molecule has 1 aromatic rings. The van der Waals surface area contributed by atoms with Gasteiger partial charge in [-0.15, -0.1) is 0 Å². The van der Waals surface area contributed by atoms with E-state index < -0.39 is 12.2 Å². The van der Waals surface area contributed by atoms with E-state index in [-0.39, 0.29) is 19.3 Å². The van der Waals surface area contributed by atoms with Crippen molar-refractivity contribution in [1.82, 2.24) is 4.90 Å². The lowest BCUT2D eigenvalue weighted by Gasteiger charge is -2.34. The summed E-state index contributed by atoms with van der Waals surface area (Å²) in [5.41, 5.74) is 0.947. The van der Waals surface area contributed by atoms with E-state index >= 15 is 0 Å². The third-order valence-corrected chi connectivity index (χ3v) is 3.29. The van der Waals surface area contributed by atoms with Crippen LogP contribution in [0.1, 0.15) is 12.0 Å². The molecule has 1 amide bonds. The molecule has 1 heterocycles. The average molecular weight is 265 g/mol. The molecule has 0 radical (unpaired) electrons. The SMILES string of the molecule is COC1CCN(C(=O)OCc2ccccc2)CC1O. The van der Waals surface area contributed by atoms with Gasteiger partial charge in [-0.25, -0.2) is 4.79 Å². The van der Waals surface area contributed by atoms with Crippen LogP contribution in [-0.2, 0) is 16.1 Å². The standard InChI is InChI=1S/C14H19NO4/c1-18-13-7-8-15(9-12(13)16)14(17)19-10-11-5-3-2-4-6-11/h2-6,12-13,16H,7-10H2,1H3. The third kappa shape index (κ3) is 3.68. The summed E-state index contributed by atoms with van der Waals surface area (Å²) in [6.07, 6.45) is -0.614. The molecule has 1 fully saturated rings. The summed E-state index contributed by atoms with van der Waals surface area (Å²) in [7, 11) is 1.57. The molecule has 0 aliphatic carbocycles. The smallest absolute Gasteiger partial charge is 0.410 e. The van der Waals surface area contributed by atoms with Crippen LogP contribution in [0.25, 0.3) is 0 Å². The normalized spacial score (nSPS) is 23.2. The topological polar surface area (TPSA) is 59.0 Å². The Balaban J connectivity index is 1.81. The molecule has 5 heteroatoms. The number of benzene rings is 1. The Labute approximate surface area is 112 Å². The zero-order valence-corrected chi connectivity index (χ0v) is 11.0. The molecule has 0 spiro atoms. The molecular weight excluding hydrogens is 246 g/mol. The maximum atomic E-state index is 11.9. The first-order chi connectivity index (χ1) is 9.20. The van der Waals surface area contributed by atoms with E-state index in [1.807, 2.05) is 30.3 Å². The summed E-state index contributed by atoms with van der Waals surface area (Å²) in [5.74, 6) is 0. The van der Waals surface area contributed by atoms with Crippen LogP contribution in [0.15, 0.2) is 30.3 Å². The number of amides is 1. The number of carbonyl (C=O) groups excluding carboxylic acids is 1. The minimum absolute atomic E-state index is 0.196. The lowest BCUT2D eigenvalue weighted by atomic mass is 10.1. The second-order valence-electron chi connectivity index (χ2n) is 4.62. The molecule has 2 unspecified atom stereocenters. The predicted octanol–water partition coefficient (Wildman–Crippen LogP) is 1.40. The van der Waals surface area contributed by atoms with Crippen molar-refractivity contribution in [3.05, 3.63) is 35.9 Å². The number of β-amino-alcohol motifs (C(OH)–C–C–N with tert-alkyl or cyclic N) is 1. The number of nitrogens with zero attached hydrogens (tertiary/aromatic N) is 1. The molecule has 0 bridgehead atoms. The molecule has 0 saturated carbocycles. The molecule has 104 valence electrons. The second-order valence-corrected chi connectivity index (χ2v) is 4.62. The molecule has 5 nitrogen and oxygen atoms in total. The Morgan fingerprint density at radius 1 is 1.42 bits per heavy atom. The van der Waals surface area contributed by atoms with Crippen LogP contribution in [-0.4, -0.2) is 48.5 Å². The molecule has 2 rings (SSSR count). The summed E-state index contributed by atoms with van der Waals surface area (Å²) in [6, 6.07) is 9.52. The number of aliphatic hydroxyl groups is 1. The van der Waals surface area contributed by atoms with Gasteiger partial charge in [0.1, 0.15) is 6.61 Å². The van der Waals surface area contributed by atoms with Crippen LogP contribution in [0.2, 0.25) is 0 Å². The molecule has 2 atom stereocenters. The fraction of sp³-hybridized carbons (Fsp3) is 0.500. The van der Waals surface area contributed by atoms with Gasteiger partial charge in [0.25, 0.3) is 0 Å². The molecule has 19 heavy (non-hydrogen) atoms. The van der Waals surface area contributed by atoms with E-state index in [0.717, 1.165) is 5.56 Å². The van der Waals surface area contributed by atoms with Crippen molar-refractivity contribution >= 4 is 6.09 Å². The van der Waals surface area contributed by atoms with Gasteiger partial charge in [0.05, 0.1) is 18.8 Å². The lowest BCUT2D eigenvalue weighted by molar-refractivity contribution is -0.0577. The zero-order chi connectivity index (χ0) is 13.7. The maximum absolute atomic E-state index is 11.9. The summed E-state index contributed by atoms with van der Waals surface area (Å²) in [5, 5.41) is 9.80. The highest BCUT2D eigenvalue weighted by Crippen LogP contribution is 2.15. The van der Waals surface area contributed by atoms with Gasteiger partial charge in [-0.3, -0.25) is 0 Å². The minimum Gasteiger partial charge on any atom is -0.445 e. The molecule has 1 saturated heterocycles. The largest absolute Gasteiger partial charge is 0.445 e. The number of hydrogen-bond donors (Lipinski definition) is 1. The van der Waals surface area contributed by atoms with Gasteiger partial charge in [-0.1, -0.05) is 30.3 Å². The summed E-state index contributed by atoms with van der Waals surface area (Å²) < 4.78 is 10.4. The van der Waals surface area contributed by atoms with Gasteiger partial charge in [0.2, 0.25) is 0 Å². The van der Waals surface area contributed by atoms with Gasteiger partial charge in [0.15, 0.2) is 0 Å². The predicted molar refractivity (Wildman–Crippen MR) is 69.6 cm³/mol. The lowest BCUT2D eigenvalue weighted by Crippen LogP contribution is -2.49. The fourth-order valence-corrected chi connectivity index (χ4v) is 2.16. The number of hydrogen-bond acceptors (Lipinski definition) is 4. The van der Waals surface area contributed by atoms with E-state index in [1.165, 1.54) is 4.90 Å². The van der Waals surface area contributed by atoms with Crippen molar-refractivity contribution in [3.63, 3.8) is 0 Å². The highest BCUT2D eigenvalue weighted by atomic mass is 16.6. The molecule has 1 N–H and O–H groups in total. The Kier molecular flexibility index (Phi) is 4.76. The zero-order valence-electron chi connectivity index (χ0n) is 11.0. The van der Waals surface area contributed by atoms with Crippen molar-refractivity contribution < 1.29 is 19.4 Å². The number of aliphatic hydroxyl groups excluding tert-OH is 1. The summed E-state index contributed by atoms with van der Waals surface area (Å²) >= 11 is 0. The summed E-state index contributed by atoms with van der Waals surface area (Å²) in [6.45, 7) is 1.05. The van der Waals surface area contributed by atoms with E-state index in [9.17, 15) is 9.90 Å². The van der Waals surface area contributed by atoms with Crippen molar-refractivity contribution in [1.29, 1.82) is 0 Å². The highest BCUT2D eigenvalue weighted by molar-refractivity contribution is 5.67. The van der Waals surface area contributed by atoms with Crippen LogP contribution >= 0.6 is 0 Å². The van der Waals surface area contributed by atoms with Crippen molar-refractivity contribution in [2.45, 2.75) is 25.2 Å². The van der Waals surface area contributed by atoms with E-state index in [0.29, 0.717) is 13.0 Å². The minimum atomic E-state index is -0.650. The van der Waals surface area contributed by atoms with E-state index in [2.05, 4.69) is 0 Å². The molecule has 1 aliphatic heterocycles. The Morgan fingerprint density at radius 2 is 2.16 bits per heavy atom. The quantitative estimate of drug-likeness (QED) is 0.897. The van der Waals surface area contributed by atoms with Gasteiger partial charge >= 0.3 is 6.09 Å². The first-order valence-electron chi connectivity index (χ1n) is 6.37. The van der Waals surface area contributed by atoms with Gasteiger partial charge in [-0.05, 0) is 12.0 Å². The molecule has 1 aromatic carbocycles. The highest BCUT2D eigenvalue weighted by Gasteiger charge is 2.30. The van der Waals surface area contributed by atoms with Crippen LogP contribution in [0.4, 0.5) is 4.79 Å². The fourth-order valence-electron chi connectivity index (χ4n) is 2.16. The van der Waals surface area contributed by atoms with Crippen molar-refractivity contribution in [2.24, 2.45) is 0 Å². The summed E-state index contributed by atoms with van der Waals surface area (Å²) in [4.78, 5) is 13.4. The Hall–Kier alpha value is -1.59. The van der Waals surface area contributed by atoms with Gasteiger partial charge in [-0.2, -0.15) is 0 Å². The van der Waals surface area contributed by atoms with E-state index in [1.54, 1.807) is 7.11 Å². The van der Waals surface area contributed by atoms with Crippen LogP contribution in [0, 0.1) is 0 Å². The molecule has 1 aliphatic rings. The average Bonchev–Trinajstić information content (AvgIpc) is 2.45. The number of methoxy groups -OCH3 is 1. The van der Waals surface area contributed by atoms with Crippen molar-refractivity contribution in [3.8, 4) is 0 Å². The monoisotopic (exact) mass is 265 g/mol. The van der Waals surface area contributed by atoms with Crippen LogP contribution in [0.3, 0.4) is 0 Å². The van der Waals surface area contributed by atoms with Crippen LogP contribution in [0.5, 0.6) is 0 Å². The number of piperidine rings is 1.